The Morgan fingerprint density at radius 2 is 1.09 bits per heavy atom. The second kappa shape index (κ2) is 43.0. The Bertz CT molecular complexity index is 1250. The van der Waals surface area contributed by atoms with Crippen LogP contribution < -0.4 is 5.32 Å². The van der Waals surface area contributed by atoms with Gasteiger partial charge in [0.2, 0.25) is 5.91 Å². The van der Waals surface area contributed by atoms with Gasteiger partial charge in [-0.15, -0.1) is 0 Å². The summed E-state index contributed by atoms with van der Waals surface area (Å²) in [6.07, 6.45) is 43.1. The van der Waals surface area contributed by atoms with Crippen LogP contribution in [0.3, 0.4) is 0 Å². The van der Waals surface area contributed by atoms with E-state index in [1.807, 2.05) is 18.2 Å². The lowest BCUT2D eigenvalue weighted by molar-refractivity contribution is -0.302. The van der Waals surface area contributed by atoms with Crippen LogP contribution in [-0.4, -0.2) is 100 Å². The van der Waals surface area contributed by atoms with E-state index in [-0.39, 0.29) is 24.9 Å². The molecule has 6 N–H and O–H groups in total. The molecule has 1 fully saturated rings. The van der Waals surface area contributed by atoms with Gasteiger partial charge in [-0.1, -0.05) is 177 Å². The summed E-state index contributed by atoms with van der Waals surface area (Å²) in [4.78, 5) is 24.9. The summed E-state index contributed by atoms with van der Waals surface area (Å²) < 4.78 is 16.6. The normalized spacial score (nSPS) is 20.4. The standard InChI is InChI=1S/C53H93NO10/c1-3-5-7-9-11-13-15-20-23-27-31-35-39-46(56)45(44-63-53-52(61)51(60)50(59)47(43-55)64-53)54-48(57)40-36-32-28-24-21-17-16-18-22-26-30-34-38-42-62-49(58)41-37-33-29-25-19-14-12-10-8-6-4-2/h9,11,17,20-21,23,28,32,35,39,45-47,50-53,55-56,59-61H,3-8,10,12-16,18-19,22,24-27,29-31,33-34,36-38,40-44H2,1-2H3,(H,54,57)/b11-9+,21-17-,23-20+,32-28-,39-35+. The summed E-state index contributed by atoms with van der Waals surface area (Å²) >= 11 is 0. The van der Waals surface area contributed by atoms with Crippen LogP contribution in [0.1, 0.15) is 200 Å². The van der Waals surface area contributed by atoms with Crippen molar-refractivity contribution in [1.82, 2.24) is 5.32 Å². The van der Waals surface area contributed by atoms with E-state index < -0.39 is 49.5 Å². The number of amides is 1. The summed E-state index contributed by atoms with van der Waals surface area (Å²) in [7, 11) is 0. The Labute approximate surface area is 388 Å². The van der Waals surface area contributed by atoms with Crippen molar-refractivity contribution in [2.24, 2.45) is 0 Å². The number of allylic oxidation sites excluding steroid dienone is 9. The minimum absolute atomic E-state index is 0.0427. The van der Waals surface area contributed by atoms with E-state index in [4.69, 9.17) is 14.2 Å². The quantitative estimate of drug-likeness (QED) is 0.0197. The van der Waals surface area contributed by atoms with Gasteiger partial charge < -0.3 is 45.1 Å². The fraction of sp³-hybridized carbons (Fsp3) is 0.774. The van der Waals surface area contributed by atoms with E-state index in [1.165, 1.54) is 83.5 Å². The molecule has 11 heteroatoms. The van der Waals surface area contributed by atoms with Crippen LogP contribution in [0.15, 0.2) is 60.8 Å². The summed E-state index contributed by atoms with van der Waals surface area (Å²) in [5, 5.41) is 54.1. The predicted octanol–water partition coefficient (Wildman–Crippen LogP) is 10.3. The van der Waals surface area contributed by atoms with Gasteiger partial charge in [0, 0.05) is 12.8 Å². The molecule has 1 aliphatic heterocycles. The third-order valence-corrected chi connectivity index (χ3v) is 11.6. The molecule has 0 aromatic heterocycles. The first kappa shape index (κ1) is 59.4. The molecule has 1 rings (SSSR count). The molecule has 0 bridgehead atoms. The number of unbranched alkanes of at least 4 members (excludes halogenated alkanes) is 20. The van der Waals surface area contributed by atoms with Gasteiger partial charge in [-0.2, -0.15) is 0 Å². The number of carbonyl (C=O) groups excluding carboxylic acids is 2. The molecule has 7 atom stereocenters. The first-order chi connectivity index (χ1) is 31.2. The molecular weight excluding hydrogens is 811 g/mol. The summed E-state index contributed by atoms with van der Waals surface area (Å²) in [6.45, 7) is 4.15. The molecule has 1 saturated heterocycles. The van der Waals surface area contributed by atoms with Gasteiger partial charge in [-0.3, -0.25) is 9.59 Å². The molecule has 0 radical (unpaired) electrons. The molecule has 1 aliphatic rings. The van der Waals surface area contributed by atoms with Crippen LogP contribution >= 0.6 is 0 Å². The van der Waals surface area contributed by atoms with E-state index in [1.54, 1.807) is 6.08 Å². The van der Waals surface area contributed by atoms with Crippen LogP contribution in [0.25, 0.3) is 0 Å². The number of rotatable bonds is 42. The second-order valence-electron chi connectivity index (χ2n) is 17.5. The molecule has 7 unspecified atom stereocenters. The average Bonchev–Trinajstić information content (AvgIpc) is 3.29. The number of hydrogen-bond donors (Lipinski definition) is 6. The van der Waals surface area contributed by atoms with Gasteiger partial charge in [0.25, 0.3) is 0 Å². The predicted molar refractivity (Wildman–Crippen MR) is 260 cm³/mol. The molecule has 370 valence electrons. The first-order valence-corrected chi connectivity index (χ1v) is 25.6. The summed E-state index contributed by atoms with van der Waals surface area (Å²) in [5.41, 5.74) is 0. The zero-order valence-electron chi connectivity index (χ0n) is 40.2. The van der Waals surface area contributed by atoms with Gasteiger partial charge >= 0.3 is 5.97 Å². The Morgan fingerprint density at radius 1 is 0.578 bits per heavy atom. The topological polar surface area (TPSA) is 175 Å². The maximum Gasteiger partial charge on any atom is 0.305 e. The van der Waals surface area contributed by atoms with Gasteiger partial charge in [-0.25, -0.2) is 0 Å². The maximum absolute atomic E-state index is 12.9. The second-order valence-corrected chi connectivity index (χ2v) is 17.5. The van der Waals surface area contributed by atoms with Crippen molar-refractivity contribution in [3.63, 3.8) is 0 Å². The fourth-order valence-corrected chi connectivity index (χ4v) is 7.44. The molecule has 1 heterocycles. The highest BCUT2D eigenvalue weighted by molar-refractivity contribution is 5.76. The van der Waals surface area contributed by atoms with E-state index in [9.17, 15) is 35.1 Å². The van der Waals surface area contributed by atoms with Crippen LogP contribution in [0.5, 0.6) is 0 Å². The molecule has 0 aliphatic carbocycles. The lowest BCUT2D eigenvalue weighted by Gasteiger charge is -2.40. The van der Waals surface area contributed by atoms with Gasteiger partial charge in [0.1, 0.15) is 24.4 Å². The highest BCUT2D eigenvalue weighted by Gasteiger charge is 2.44. The van der Waals surface area contributed by atoms with E-state index in [0.29, 0.717) is 25.9 Å². The van der Waals surface area contributed by atoms with Crippen molar-refractivity contribution < 1.29 is 49.3 Å². The smallest absolute Gasteiger partial charge is 0.305 e. The first-order valence-electron chi connectivity index (χ1n) is 25.6. The van der Waals surface area contributed by atoms with Crippen LogP contribution in [0, 0.1) is 0 Å². The van der Waals surface area contributed by atoms with E-state index >= 15 is 0 Å². The third kappa shape index (κ3) is 32.9. The SMILES string of the molecule is CCCC/C=C/CC/C=C/CC/C=C/C(O)C(COC1OC(CO)C(O)C(O)C1O)NC(=O)CC/C=C\C/C=C\CCCCCCCCOC(=O)CCCCCCCCCCCCC. The number of aliphatic hydroxyl groups is 5. The van der Waals surface area contributed by atoms with E-state index in [0.717, 1.165) is 77.0 Å². The Morgan fingerprint density at radius 3 is 1.72 bits per heavy atom. The number of esters is 1. The Hall–Kier alpha value is -2.64. The highest BCUT2D eigenvalue weighted by atomic mass is 16.7. The van der Waals surface area contributed by atoms with Crippen molar-refractivity contribution in [1.29, 1.82) is 0 Å². The van der Waals surface area contributed by atoms with Crippen LogP contribution in [0.4, 0.5) is 0 Å². The van der Waals surface area contributed by atoms with Crippen LogP contribution in [0.2, 0.25) is 0 Å². The van der Waals surface area contributed by atoms with Crippen molar-refractivity contribution in [3.05, 3.63) is 60.8 Å². The lowest BCUT2D eigenvalue weighted by Crippen LogP contribution is -2.60. The van der Waals surface area contributed by atoms with Crippen LogP contribution in [-0.2, 0) is 23.8 Å². The van der Waals surface area contributed by atoms with Crippen molar-refractivity contribution in [2.45, 2.75) is 243 Å². The van der Waals surface area contributed by atoms with Gasteiger partial charge in [-0.05, 0) is 70.6 Å². The molecule has 1 amide bonds. The van der Waals surface area contributed by atoms with Gasteiger partial charge in [0.15, 0.2) is 6.29 Å². The number of aliphatic hydroxyl groups excluding tert-OH is 5. The highest BCUT2D eigenvalue weighted by Crippen LogP contribution is 2.22. The fourth-order valence-electron chi connectivity index (χ4n) is 7.44. The molecule has 0 aromatic rings. The number of hydrogen-bond acceptors (Lipinski definition) is 10. The summed E-state index contributed by atoms with van der Waals surface area (Å²) in [6, 6.07) is -0.878. The minimum Gasteiger partial charge on any atom is -0.466 e. The minimum atomic E-state index is -1.60. The molecule has 0 aromatic carbocycles. The lowest BCUT2D eigenvalue weighted by atomic mass is 9.99. The Kier molecular flexibility index (Phi) is 39.9. The number of carbonyl (C=O) groups is 2. The van der Waals surface area contributed by atoms with Gasteiger partial charge in [0.05, 0.1) is 32.0 Å². The Balaban J connectivity index is 2.27. The number of nitrogens with one attached hydrogen (secondary N) is 1. The van der Waals surface area contributed by atoms with Crippen molar-refractivity contribution >= 4 is 11.9 Å². The number of ether oxygens (including phenoxy) is 3. The largest absolute Gasteiger partial charge is 0.466 e. The molecule has 64 heavy (non-hydrogen) atoms. The molecule has 0 saturated carbocycles. The van der Waals surface area contributed by atoms with Crippen molar-refractivity contribution in [2.75, 3.05) is 19.8 Å². The average molecular weight is 904 g/mol. The zero-order chi connectivity index (χ0) is 46.7. The third-order valence-electron chi connectivity index (χ3n) is 11.6. The molecule has 11 nitrogen and oxygen atoms in total. The maximum atomic E-state index is 12.9. The monoisotopic (exact) mass is 904 g/mol. The molecule has 0 spiro atoms. The van der Waals surface area contributed by atoms with Crippen molar-refractivity contribution in [3.8, 4) is 0 Å². The summed E-state index contributed by atoms with van der Waals surface area (Å²) in [5.74, 6) is -0.323. The zero-order valence-corrected chi connectivity index (χ0v) is 40.2. The molecular formula is C53H93NO10. The van der Waals surface area contributed by atoms with E-state index in [2.05, 4.69) is 55.6 Å².